The highest BCUT2D eigenvalue weighted by molar-refractivity contribution is 5.77. The number of non-ortho nitro benzene ring substituents is 1. The van der Waals surface area contributed by atoms with Crippen LogP contribution in [0.2, 0.25) is 0 Å². The number of methoxy groups -OCH3 is 2. The van der Waals surface area contributed by atoms with E-state index >= 15 is 0 Å². The van der Waals surface area contributed by atoms with Crippen LogP contribution in [0.5, 0.6) is 5.75 Å². The number of aliphatic hydroxyl groups is 1. The molecule has 1 aromatic carbocycles. The average molecular weight is 241 g/mol. The van der Waals surface area contributed by atoms with Gasteiger partial charge in [0.2, 0.25) is 0 Å². The molecule has 0 amide bonds. The van der Waals surface area contributed by atoms with Crippen molar-refractivity contribution in [2.45, 2.75) is 6.10 Å². The molecule has 0 radical (unpaired) electrons. The van der Waals surface area contributed by atoms with E-state index in [1.807, 2.05) is 0 Å². The van der Waals surface area contributed by atoms with Gasteiger partial charge in [-0.25, -0.2) is 4.79 Å². The molecule has 0 spiro atoms. The van der Waals surface area contributed by atoms with Crippen LogP contribution in [-0.2, 0) is 9.53 Å². The summed E-state index contributed by atoms with van der Waals surface area (Å²) in [4.78, 5) is 21.1. The minimum atomic E-state index is -1.53. The maximum Gasteiger partial charge on any atom is 0.339 e. The highest BCUT2D eigenvalue weighted by Gasteiger charge is 2.23. The summed E-state index contributed by atoms with van der Waals surface area (Å²) in [5.74, 6) is -0.811. The standard InChI is InChI=1S/C10H11NO6/c1-16-8-5-6(11(14)15)3-4-7(8)9(12)10(13)17-2/h3-5,9,12H,1-2H3. The van der Waals surface area contributed by atoms with E-state index in [1.165, 1.54) is 19.2 Å². The Morgan fingerprint density at radius 1 is 1.47 bits per heavy atom. The molecule has 0 aliphatic carbocycles. The fourth-order valence-electron chi connectivity index (χ4n) is 1.28. The number of nitrogens with zero attached hydrogens (tertiary/aromatic N) is 1. The molecular weight excluding hydrogens is 230 g/mol. The molecule has 0 bridgehead atoms. The van der Waals surface area contributed by atoms with E-state index in [4.69, 9.17) is 4.74 Å². The molecule has 7 nitrogen and oxygen atoms in total. The van der Waals surface area contributed by atoms with Gasteiger partial charge < -0.3 is 14.6 Å². The molecule has 0 aliphatic rings. The van der Waals surface area contributed by atoms with E-state index in [1.54, 1.807) is 0 Å². The number of nitro benzene ring substituents is 1. The van der Waals surface area contributed by atoms with Crippen molar-refractivity contribution in [1.29, 1.82) is 0 Å². The number of carbonyl (C=O) groups is 1. The Kier molecular flexibility index (Phi) is 4.00. The largest absolute Gasteiger partial charge is 0.496 e. The normalized spacial score (nSPS) is 11.7. The SMILES string of the molecule is COC(=O)C(O)c1ccc([N+](=O)[O-])cc1OC. The Bertz CT molecular complexity index is 444. The van der Waals surface area contributed by atoms with Crippen LogP contribution in [0.25, 0.3) is 0 Å². The quantitative estimate of drug-likeness (QED) is 0.475. The first-order valence-corrected chi connectivity index (χ1v) is 4.59. The number of carbonyl (C=O) groups excluding carboxylic acids is 1. The van der Waals surface area contributed by atoms with Gasteiger partial charge in [0.15, 0.2) is 6.10 Å². The third-order valence-electron chi connectivity index (χ3n) is 2.15. The summed E-state index contributed by atoms with van der Waals surface area (Å²) in [7, 11) is 2.41. The van der Waals surface area contributed by atoms with Gasteiger partial charge in [-0.05, 0) is 6.07 Å². The minimum absolute atomic E-state index is 0.0529. The Labute approximate surface area is 96.7 Å². The van der Waals surface area contributed by atoms with Gasteiger partial charge in [0.25, 0.3) is 5.69 Å². The number of nitro groups is 1. The predicted octanol–water partition coefficient (Wildman–Crippen LogP) is 0.810. The molecule has 1 N–H and O–H groups in total. The molecular formula is C10H11NO6. The second kappa shape index (κ2) is 5.26. The topological polar surface area (TPSA) is 98.9 Å². The van der Waals surface area contributed by atoms with E-state index < -0.39 is 17.0 Å². The number of hydrogen-bond acceptors (Lipinski definition) is 6. The van der Waals surface area contributed by atoms with Gasteiger partial charge in [-0.3, -0.25) is 10.1 Å². The zero-order valence-electron chi connectivity index (χ0n) is 9.25. The average Bonchev–Trinajstić information content (AvgIpc) is 2.35. The zero-order valence-corrected chi connectivity index (χ0v) is 9.25. The van der Waals surface area contributed by atoms with Gasteiger partial charge in [0.1, 0.15) is 5.75 Å². The number of esters is 1. The van der Waals surface area contributed by atoms with E-state index in [0.29, 0.717) is 0 Å². The zero-order chi connectivity index (χ0) is 13.0. The molecule has 0 saturated heterocycles. The monoisotopic (exact) mass is 241 g/mol. The summed E-state index contributed by atoms with van der Waals surface area (Å²) in [5, 5.41) is 20.1. The van der Waals surface area contributed by atoms with Crippen LogP contribution in [0, 0.1) is 10.1 Å². The fourth-order valence-corrected chi connectivity index (χ4v) is 1.28. The summed E-state index contributed by atoms with van der Waals surface area (Å²) in [6.45, 7) is 0. The fraction of sp³-hybridized carbons (Fsp3) is 0.300. The van der Waals surface area contributed by atoms with Gasteiger partial charge in [0.05, 0.1) is 25.2 Å². The van der Waals surface area contributed by atoms with Crippen LogP contribution < -0.4 is 4.74 Å². The smallest absolute Gasteiger partial charge is 0.339 e. The Balaban J connectivity index is 3.17. The van der Waals surface area contributed by atoms with Crippen molar-refractivity contribution in [1.82, 2.24) is 0 Å². The lowest BCUT2D eigenvalue weighted by molar-refractivity contribution is -0.385. The van der Waals surface area contributed by atoms with E-state index in [0.717, 1.165) is 13.2 Å². The van der Waals surface area contributed by atoms with Crippen molar-refractivity contribution in [3.05, 3.63) is 33.9 Å². The highest BCUT2D eigenvalue weighted by Crippen LogP contribution is 2.29. The predicted molar refractivity (Wildman–Crippen MR) is 56.6 cm³/mol. The first kappa shape index (κ1) is 12.9. The molecule has 0 heterocycles. The third-order valence-corrected chi connectivity index (χ3v) is 2.15. The van der Waals surface area contributed by atoms with Crippen molar-refractivity contribution in [2.75, 3.05) is 14.2 Å². The molecule has 0 aliphatic heterocycles. The van der Waals surface area contributed by atoms with Crippen LogP contribution in [0.15, 0.2) is 18.2 Å². The molecule has 1 aromatic rings. The Hall–Kier alpha value is -2.15. The molecule has 1 unspecified atom stereocenters. The Morgan fingerprint density at radius 3 is 2.59 bits per heavy atom. The summed E-state index contributed by atoms with van der Waals surface area (Å²) in [6, 6.07) is 3.55. The summed E-state index contributed by atoms with van der Waals surface area (Å²) in [5.41, 5.74) is -0.0763. The minimum Gasteiger partial charge on any atom is -0.496 e. The summed E-state index contributed by atoms with van der Waals surface area (Å²) >= 11 is 0. The Morgan fingerprint density at radius 2 is 2.12 bits per heavy atom. The van der Waals surface area contributed by atoms with Gasteiger partial charge in [-0.1, -0.05) is 0 Å². The van der Waals surface area contributed by atoms with Crippen molar-refractivity contribution in [3.63, 3.8) is 0 Å². The van der Waals surface area contributed by atoms with E-state index in [-0.39, 0.29) is 17.0 Å². The van der Waals surface area contributed by atoms with Crippen LogP contribution in [0.1, 0.15) is 11.7 Å². The van der Waals surface area contributed by atoms with Gasteiger partial charge in [-0.2, -0.15) is 0 Å². The highest BCUT2D eigenvalue weighted by atomic mass is 16.6. The molecule has 92 valence electrons. The number of ether oxygens (including phenoxy) is 2. The molecule has 7 heteroatoms. The molecule has 0 saturated carbocycles. The van der Waals surface area contributed by atoms with E-state index in [2.05, 4.69) is 4.74 Å². The number of benzene rings is 1. The van der Waals surface area contributed by atoms with Gasteiger partial charge >= 0.3 is 5.97 Å². The second-order valence-electron chi connectivity index (χ2n) is 3.11. The third kappa shape index (κ3) is 2.70. The van der Waals surface area contributed by atoms with Crippen molar-refractivity contribution in [3.8, 4) is 5.75 Å². The van der Waals surface area contributed by atoms with Crippen molar-refractivity contribution >= 4 is 11.7 Å². The first-order chi connectivity index (χ1) is 8.01. The van der Waals surface area contributed by atoms with Crippen LogP contribution >= 0.6 is 0 Å². The summed E-state index contributed by atoms with van der Waals surface area (Å²) in [6.07, 6.45) is -1.53. The molecule has 1 rings (SSSR count). The van der Waals surface area contributed by atoms with Crippen LogP contribution in [0.3, 0.4) is 0 Å². The number of hydrogen-bond donors (Lipinski definition) is 1. The molecule has 17 heavy (non-hydrogen) atoms. The van der Waals surface area contributed by atoms with Crippen molar-refractivity contribution in [2.24, 2.45) is 0 Å². The second-order valence-corrected chi connectivity index (χ2v) is 3.11. The number of aliphatic hydroxyl groups excluding tert-OH is 1. The van der Waals surface area contributed by atoms with E-state index in [9.17, 15) is 20.0 Å². The van der Waals surface area contributed by atoms with Crippen LogP contribution in [0.4, 0.5) is 5.69 Å². The lowest BCUT2D eigenvalue weighted by Crippen LogP contribution is -2.14. The van der Waals surface area contributed by atoms with Gasteiger partial charge in [-0.15, -0.1) is 0 Å². The lowest BCUT2D eigenvalue weighted by Gasteiger charge is -2.12. The lowest BCUT2D eigenvalue weighted by atomic mass is 10.1. The maximum atomic E-state index is 11.1. The molecule has 0 aromatic heterocycles. The molecule has 1 atom stereocenters. The van der Waals surface area contributed by atoms with Crippen LogP contribution in [-0.4, -0.2) is 30.2 Å². The van der Waals surface area contributed by atoms with Gasteiger partial charge in [0, 0.05) is 11.6 Å². The first-order valence-electron chi connectivity index (χ1n) is 4.59. The summed E-state index contributed by atoms with van der Waals surface area (Å²) < 4.78 is 9.24. The van der Waals surface area contributed by atoms with Crippen molar-refractivity contribution < 1.29 is 24.3 Å². The molecule has 0 fully saturated rings. The maximum absolute atomic E-state index is 11.1. The number of rotatable bonds is 4.